The van der Waals surface area contributed by atoms with Gasteiger partial charge in [-0.1, -0.05) is 6.07 Å². The number of fused-ring (bicyclic) bond motifs is 2. The van der Waals surface area contributed by atoms with Crippen molar-refractivity contribution in [2.75, 3.05) is 96.1 Å². The molecule has 2 aliphatic rings. The second kappa shape index (κ2) is 23.6. The van der Waals surface area contributed by atoms with Crippen LogP contribution in [0, 0.1) is 0 Å². The number of carbonyl (C=O) groups excluding carboxylic acids is 2. The standard InChI is InChI=1S/C53H70N2O14/c1-54(19-15-35-28-45(63-4)46(64-5)29-41(35)43(54)24-34-23-40(32-58)52(66-7)47(25-34)65-6)17-9-21-68-48(60)13-14-49(61)69-22-10-18-55(2)20-16-36-26-38(30-56)42(33-59)53(67-8)50(36)51(55)37-11-12-44(62-3)39(27-37)31-57/h11-14,23,25-29,43,51,56-59H,9-10,15-22,24,30-33H2,1-8H3/q+2. The van der Waals surface area contributed by atoms with Gasteiger partial charge in [0.2, 0.25) is 0 Å². The molecule has 4 aromatic carbocycles. The lowest BCUT2D eigenvalue weighted by Gasteiger charge is -2.46. The van der Waals surface area contributed by atoms with E-state index in [9.17, 15) is 30.0 Å². The third-order valence-corrected chi connectivity index (χ3v) is 14.0. The number of rotatable bonds is 23. The number of aliphatic hydroxyl groups is 4. The molecular formula is C53H70N2O14+2. The molecule has 0 spiro atoms. The quantitative estimate of drug-likeness (QED) is 0.0328. The summed E-state index contributed by atoms with van der Waals surface area (Å²) in [6, 6.07) is 15.3. The van der Waals surface area contributed by atoms with Crippen molar-refractivity contribution in [3.8, 4) is 34.5 Å². The fourth-order valence-corrected chi connectivity index (χ4v) is 10.5. The maximum atomic E-state index is 12.9. The largest absolute Gasteiger partial charge is 0.496 e. The van der Waals surface area contributed by atoms with E-state index in [1.54, 1.807) is 42.7 Å². The molecule has 0 radical (unpaired) electrons. The van der Waals surface area contributed by atoms with Crippen LogP contribution in [0.4, 0.5) is 0 Å². The number of esters is 2. The predicted octanol–water partition coefficient (Wildman–Crippen LogP) is 5.21. The van der Waals surface area contributed by atoms with Crippen molar-refractivity contribution in [2.45, 2.75) is 70.6 Å². The molecule has 6 rings (SSSR count). The highest BCUT2D eigenvalue weighted by atomic mass is 16.5. The Kier molecular flexibility index (Phi) is 18.0. The topological polar surface area (TPSA) is 189 Å². The van der Waals surface area contributed by atoms with Gasteiger partial charge >= 0.3 is 11.9 Å². The number of hydrogen-bond donors (Lipinski definition) is 4. The maximum Gasteiger partial charge on any atom is 0.331 e. The molecule has 16 nitrogen and oxygen atoms in total. The number of methoxy groups -OCH3 is 6. The van der Waals surface area contributed by atoms with Crippen LogP contribution in [0.2, 0.25) is 0 Å². The fraction of sp³-hybridized carbons (Fsp3) is 0.472. The molecule has 4 aromatic rings. The molecule has 0 fully saturated rings. The molecule has 4 atom stereocenters. The van der Waals surface area contributed by atoms with Crippen LogP contribution < -0.4 is 28.4 Å². The van der Waals surface area contributed by atoms with Gasteiger partial charge in [-0.05, 0) is 64.7 Å². The van der Waals surface area contributed by atoms with Crippen LogP contribution in [-0.4, -0.2) is 137 Å². The Balaban J connectivity index is 1.08. The van der Waals surface area contributed by atoms with Crippen LogP contribution in [-0.2, 0) is 64.8 Å². The molecule has 0 aliphatic carbocycles. The number of nitrogens with zero attached hydrogens (tertiary/aromatic N) is 2. The summed E-state index contributed by atoms with van der Waals surface area (Å²) in [4.78, 5) is 25.7. The van der Waals surface area contributed by atoms with Crippen molar-refractivity contribution in [2.24, 2.45) is 0 Å². The van der Waals surface area contributed by atoms with Gasteiger partial charge in [0.15, 0.2) is 23.0 Å². The van der Waals surface area contributed by atoms with Crippen LogP contribution in [0.25, 0.3) is 0 Å². The average Bonchev–Trinajstić information content (AvgIpc) is 3.37. The first-order valence-corrected chi connectivity index (χ1v) is 23.3. The van der Waals surface area contributed by atoms with Crippen molar-refractivity contribution in [1.29, 1.82) is 0 Å². The van der Waals surface area contributed by atoms with Gasteiger partial charge in [-0.25, -0.2) is 9.59 Å². The highest BCUT2D eigenvalue weighted by Crippen LogP contribution is 2.48. The average molecular weight is 959 g/mol. The van der Waals surface area contributed by atoms with Crippen molar-refractivity contribution in [3.63, 3.8) is 0 Å². The first kappa shape index (κ1) is 52.5. The van der Waals surface area contributed by atoms with Gasteiger partial charge in [0.25, 0.3) is 0 Å². The third-order valence-electron chi connectivity index (χ3n) is 14.0. The van der Waals surface area contributed by atoms with Crippen LogP contribution in [0.3, 0.4) is 0 Å². The monoisotopic (exact) mass is 958 g/mol. The van der Waals surface area contributed by atoms with Gasteiger partial charge in [0, 0.05) is 72.1 Å². The number of quaternary nitrogens is 2. The van der Waals surface area contributed by atoms with Gasteiger partial charge < -0.3 is 67.3 Å². The molecule has 69 heavy (non-hydrogen) atoms. The Morgan fingerprint density at radius 3 is 1.75 bits per heavy atom. The van der Waals surface area contributed by atoms with E-state index in [0.717, 1.165) is 52.9 Å². The minimum absolute atomic E-state index is 0.0339. The summed E-state index contributed by atoms with van der Waals surface area (Å²) in [5, 5.41) is 41.0. The number of ether oxygens (including phenoxy) is 8. The Morgan fingerprint density at radius 1 is 0.594 bits per heavy atom. The number of aliphatic hydroxyl groups excluding tert-OH is 4. The van der Waals surface area contributed by atoms with Crippen LogP contribution in [0.5, 0.6) is 34.5 Å². The lowest BCUT2D eigenvalue weighted by atomic mass is 9.82. The zero-order valence-corrected chi connectivity index (χ0v) is 41.3. The molecule has 374 valence electrons. The van der Waals surface area contributed by atoms with Gasteiger partial charge in [-0.3, -0.25) is 0 Å². The Bertz CT molecular complexity index is 2450. The van der Waals surface area contributed by atoms with E-state index in [1.807, 2.05) is 48.5 Å². The van der Waals surface area contributed by atoms with Gasteiger partial charge in [-0.2, -0.15) is 0 Å². The van der Waals surface area contributed by atoms with E-state index in [-0.39, 0.29) is 51.7 Å². The Morgan fingerprint density at radius 2 is 1.17 bits per heavy atom. The molecule has 0 aromatic heterocycles. The molecular weight excluding hydrogens is 889 g/mol. The number of carbonyl (C=O) groups is 2. The van der Waals surface area contributed by atoms with Crippen molar-refractivity contribution >= 4 is 11.9 Å². The van der Waals surface area contributed by atoms with Crippen molar-refractivity contribution in [1.82, 2.24) is 0 Å². The van der Waals surface area contributed by atoms with E-state index in [0.29, 0.717) is 111 Å². The third kappa shape index (κ3) is 11.4. The van der Waals surface area contributed by atoms with Gasteiger partial charge in [0.05, 0.1) is 128 Å². The lowest BCUT2D eigenvalue weighted by molar-refractivity contribution is -0.941. The molecule has 16 heteroatoms. The zero-order chi connectivity index (χ0) is 49.9. The second-order valence-corrected chi connectivity index (χ2v) is 18.1. The molecule has 0 bridgehead atoms. The number of likely N-dealkylation sites (N-methyl/N-ethyl adjacent to an activating group) is 2. The van der Waals surface area contributed by atoms with Gasteiger partial charge in [0.1, 0.15) is 23.6 Å². The van der Waals surface area contributed by atoms with Crippen LogP contribution in [0.1, 0.15) is 80.6 Å². The molecule has 0 saturated carbocycles. The summed E-state index contributed by atoms with van der Waals surface area (Å²) in [6.45, 7) is 2.04. The molecule has 0 amide bonds. The minimum atomic E-state index is -0.664. The highest BCUT2D eigenvalue weighted by Gasteiger charge is 2.44. The van der Waals surface area contributed by atoms with Crippen molar-refractivity contribution < 1.29 is 76.9 Å². The SMILES string of the molecule is COc1ccc(C2c3c(cc(CO)c(CO)c3OC)CC[N+]2(C)CCCOC(=O)C=CC(=O)OCCC[N+]2(C)CCc3cc(OC)c(OC)cc3C2Cc2cc(CO)c(OC)c(OC)c2)cc1CO. The Labute approximate surface area is 405 Å². The van der Waals surface area contributed by atoms with E-state index < -0.39 is 11.9 Å². The van der Waals surface area contributed by atoms with E-state index >= 15 is 0 Å². The molecule has 0 saturated heterocycles. The second-order valence-electron chi connectivity index (χ2n) is 18.1. The van der Waals surface area contributed by atoms with E-state index in [2.05, 4.69) is 14.1 Å². The summed E-state index contributed by atoms with van der Waals surface area (Å²) >= 11 is 0. The zero-order valence-electron chi connectivity index (χ0n) is 41.3. The minimum Gasteiger partial charge on any atom is -0.496 e. The Hall–Kier alpha value is -5.88. The normalized spacial score (nSPS) is 19.6. The van der Waals surface area contributed by atoms with Gasteiger partial charge in [-0.15, -0.1) is 0 Å². The van der Waals surface area contributed by atoms with Crippen molar-refractivity contribution in [3.05, 3.63) is 116 Å². The summed E-state index contributed by atoms with van der Waals surface area (Å²) < 4.78 is 46.3. The van der Waals surface area contributed by atoms with Crippen LogP contribution in [0.15, 0.2) is 60.7 Å². The fourth-order valence-electron chi connectivity index (χ4n) is 10.5. The molecule has 4 N–H and O–H groups in total. The molecule has 2 aliphatic heterocycles. The summed E-state index contributed by atoms with van der Waals surface area (Å²) in [6.07, 6.45) is 5.32. The van der Waals surface area contributed by atoms with E-state index in [4.69, 9.17) is 37.9 Å². The van der Waals surface area contributed by atoms with E-state index in [1.165, 1.54) is 5.56 Å². The first-order chi connectivity index (χ1) is 33.3. The lowest BCUT2D eigenvalue weighted by Crippen LogP contribution is -2.52. The van der Waals surface area contributed by atoms with Crippen LogP contribution >= 0.6 is 0 Å². The number of hydrogen-bond acceptors (Lipinski definition) is 14. The highest BCUT2D eigenvalue weighted by molar-refractivity contribution is 5.91. The maximum absolute atomic E-state index is 12.9. The number of benzene rings is 4. The first-order valence-electron chi connectivity index (χ1n) is 23.3. The summed E-state index contributed by atoms with van der Waals surface area (Å²) in [5.74, 6) is 2.10. The smallest absolute Gasteiger partial charge is 0.331 e. The molecule has 2 heterocycles. The predicted molar refractivity (Wildman–Crippen MR) is 257 cm³/mol. The summed E-state index contributed by atoms with van der Waals surface area (Å²) in [7, 11) is 13.8. The molecule has 4 unspecified atom stereocenters. The summed E-state index contributed by atoms with van der Waals surface area (Å²) in [5.41, 5.74) is 8.45.